The Labute approximate surface area is 185 Å². The lowest BCUT2D eigenvalue weighted by Crippen LogP contribution is -2.37. The Kier molecular flexibility index (Phi) is 4.88. The minimum atomic E-state index is -4.50. The van der Waals surface area contributed by atoms with Gasteiger partial charge in [0.1, 0.15) is 5.75 Å². The summed E-state index contributed by atoms with van der Waals surface area (Å²) in [5, 5.41) is 4.34. The first kappa shape index (κ1) is 21.0. The molecule has 33 heavy (non-hydrogen) atoms. The molecule has 170 valence electrons. The average Bonchev–Trinajstić information content (AvgIpc) is 3.38. The molecule has 0 fully saturated rings. The van der Waals surface area contributed by atoms with Crippen LogP contribution >= 0.6 is 0 Å². The number of aromatic nitrogens is 4. The van der Waals surface area contributed by atoms with Crippen LogP contribution in [-0.2, 0) is 19.1 Å². The van der Waals surface area contributed by atoms with Crippen LogP contribution in [0.4, 0.5) is 13.2 Å². The van der Waals surface area contributed by atoms with Crippen molar-refractivity contribution in [2.75, 3.05) is 7.11 Å². The summed E-state index contributed by atoms with van der Waals surface area (Å²) in [5.74, 6) is 0.710. The predicted molar refractivity (Wildman–Crippen MR) is 115 cm³/mol. The molecular weight excluding hydrogens is 437 g/mol. The highest BCUT2D eigenvalue weighted by Gasteiger charge is 2.38. The van der Waals surface area contributed by atoms with E-state index in [0.29, 0.717) is 17.9 Å². The normalized spacial score (nSPS) is 15.7. The van der Waals surface area contributed by atoms with Crippen molar-refractivity contribution in [2.45, 2.75) is 31.6 Å². The summed E-state index contributed by atoms with van der Waals surface area (Å²) in [7, 11) is 1.57. The van der Waals surface area contributed by atoms with Crippen molar-refractivity contribution >= 4 is 11.0 Å². The van der Waals surface area contributed by atoms with Crippen LogP contribution in [0.25, 0.3) is 11.0 Å². The first-order valence-corrected chi connectivity index (χ1v) is 10.3. The second-order valence-corrected chi connectivity index (χ2v) is 7.97. The Morgan fingerprint density at radius 3 is 2.61 bits per heavy atom. The molecule has 1 aliphatic rings. The zero-order valence-electron chi connectivity index (χ0n) is 17.5. The van der Waals surface area contributed by atoms with Crippen LogP contribution in [0.1, 0.15) is 34.7 Å². The second kappa shape index (κ2) is 7.65. The van der Waals surface area contributed by atoms with E-state index < -0.39 is 29.0 Å². The number of aromatic amines is 1. The lowest BCUT2D eigenvalue weighted by atomic mass is 10.0. The quantitative estimate of drug-likeness (QED) is 0.510. The van der Waals surface area contributed by atoms with Gasteiger partial charge in [0.2, 0.25) is 0 Å². The molecule has 1 atom stereocenters. The van der Waals surface area contributed by atoms with Gasteiger partial charge in [0.25, 0.3) is 5.56 Å². The van der Waals surface area contributed by atoms with E-state index in [1.54, 1.807) is 36.2 Å². The van der Waals surface area contributed by atoms with Crippen LogP contribution in [0.5, 0.6) is 5.75 Å². The molecule has 1 unspecified atom stereocenters. The van der Waals surface area contributed by atoms with Gasteiger partial charge in [-0.05, 0) is 47.7 Å². The van der Waals surface area contributed by atoms with Gasteiger partial charge in [-0.15, -0.1) is 0 Å². The number of methoxy groups -OCH3 is 1. The number of ether oxygens (including phenoxy) is 1. The van der Waals surface area contributed by atoms with Gasteiger partial charge < -0.3 is 9.72 Å². The first-order valence-electron chi connectivity index (χ1n) is 10.3. The van der Waals surface area contributed by atoms with Crippen LogP contribution < -0.4 is 16.0 Å². The monoisotopic (exact) mass is 456 g/mol. The summed E-state index contributed by atoms with van der Waals surface area (Å²) in [6.45, 7) is 0.362. The van der Waals surface area contributed by atoms with Gasteiger partial charge in [0.15, 0.2) is 5.52 Å². The number of hydrogen-bond acceptors (Lipinski definition) is 4. The van der Waals surface area contributed by atoms with E-state index in [1.165, 1.54) is 6.07 Å². The highest BCUT2D eigenvalue weighted by molar-refractivity contribution is 5.71. The number of nitrogens with zero attached hydrogens (tertiary/aromatic N) is 3. The highest BCUT2D eigenvalue weighted by atomic mass is 19.4. The van der Waals surface area contributed by atoms with Gasteiger partial charge >= 0.3 is 11.9 Å². The molecular formula is C23H19F3N4O3. The van der Waals surface area contributed by atoms with Crippen LogP contribution in [0.3, 0.4) is 0 Å². The van der Waals surface area contributed by atoms with E-state index in [0.717, 1.165) is 16.2 Å². The zero-order chi connectivity index (χ0) is 23.3. The van der Waals surface area contributed by atoms with Crippen LogP contribution in [0.15, 0.2) is 58.3 Å². The lowest BCUT2D eigenvalue weighted by Gasteiger charge is -2.16. The third kappa shape index (κ3) is 3.61. The summed E-state index contributed by atoms with van der Waals surface area (Å²) in [4.78, 5) is 28.7. The van der Waals surface area contributed by atoms with Gasteiger partial charge in [-0.2, -0.15) is 18.3 Å². The topological polar surface area (TPSA) is 81.9 Å². The predicted octanol–water partition coefficient (Wildman–Crippen LogP) is 3.50. The van der Waals surface area contributed by atoms with E-state index in [1.807, 2.05) is 12.1 Å². The van der Waals surface area contributed by atoms with Crippen LogP contribution in [-0.4, -0.2) is 26.4 Å². The molecule has 0 saturated carbocycles. The average molecular weight is 456 g/mol. The molecule has 1 N–H and O–H groups in total. The van der Waals surface area contributed by atoms with Gasteiger partial charge in [0, 0.05) is 6.20 Å². The smallest absolute Gasteiger partial charge is 0.416 e. The molecule has 0 amide bonds. The van der Waals surface area contributed by atoms with E-state index in [2.05, 4.69) is 10.1 Å². The molecule has 2 heterocycles. The van der Waals surface area contributed by atoms with Crippen molar-refractivity contribution in [3.05, 3.63) is 91.8 Å². The number of alkyl halides is 3. The third-order valence-corrected chi connectivity index (χ3v) is 6.00. The Hall–Kier alpha value is -3.82. The fraction of sp³-hybridized carbons (Fsp3) is 0.261. The van der Waals surface area contributed by atoms with Crippen molar-refractivity contribution in [1.29, 1.82) is 0 Å². The molecule has 4 aromatic rings. The summed E-state index contributed by atoms with van der Waals surface area (Å²) < 4.78 is 47.9. The summed E-state index contributed by atoms with van der Waals surface area (Å²) >= 11 is 0. The molecule has 1 aliphatic carbocycles. The Morgan fingerprint density at radius 1 is 1.15 bits per heavy atom. The van der Waals surface area contributed by atoms with Gasteiger partial charge in [0.05, 0.1) is 30.8 Å². The summed E-state index contributed by atoms with van der Waals surface area (Å²) in [6.07, 6.45) is -2.58. The maximum atomic E-state index is 13.4. The van der Waals surface area contributed by atoms with E-state index in [9.17, 15) is 22.8 Å². The molecule has 2 aromatic carbocycles. The van der Waals surface area contributed by atoms with Crippen LogP contribution in [0.2, 0.25) is 0 Å². The molecule has 0 bridgehead atoms. The van der Waals surface area contributed by atoms with Crippen molar-refractivity contribution in [3.8, 4) is 5.75 Å². The third-order valence-electron chi connectivity index (χ3n) is 6.00. The summed E-state index contributed by atoms with van der Waals surface area (Å²) in [5.41, 5.74) is -0.307. The molecule has 10 heteroatoms. The molecule has 0 saturated heterocycles. The Morgan fingerprint density at radius 2 is 1.91 bits per heavy atom. The van der Waals surface area contributed by atoms with Gasteiger partial charge in [-0.3, -0.25) is 14.0 Å². The van der Waals surface area contributed by atoms with Crippen molar-refractivity contribution in [1.82, 2.24) is 19.3 Å². The molecule has 5 rings (SSSR count). The fourth-order valence-corrected chi connectivity index (χ4v) is 4.50. The van der Waals surface area contributed by atoms with E-state index in [4.69, 9.17) is 4.74 Å². The van der Waals surface area contributed by atoms with E-state index >= 15 is 0 Å². The fourth-order valence-electron chi connectivity index (χ4n) is 4.50. The number of H-pyrrole nitrogens is 1. The number of rotatable bonds is 4. The standard InChI is InChI=1S/C23H19F3N4O3/c1-33-14-7-5-13(6-8-14)11-29-12-18-20(28-29)21(31)30(22(32)27-18)19-10-9-15-16(19)3-2-4-17(15)23(24,25)26/h2-8,12,19H,9-11H2,1H3,(H,27,32). The number of benzene rings is 2. The number of fused-ring (bicyclic) bond motifs is 2. The van der Waals surface area contributed by atoms with Crippen molar-refractivity contribution < 1.29 is 17.9 Å². The van der Waals surface area contributed by atoms with Gasteiger partial charge in [-0.25, -0.2) is 4.79 Å². The maximum Gasteiger partial charge on any atom is 0.416 e. The molecule has 0 aliphatic heterocycles. The van der Waals surface area contributed by atoms with Crippen molar-refractivity contribution in [2.24, 2.45) is 0 Å². The SMILES string of the molecule is COc1ccc(Cn2cc3[nH]c(=O)n(C4CCc5c4cccc5C(F)(F)F)c(=O)c3n2)cc1. The molecule has 0 spiro atoms. The number of nitrogens with one attached hydrogen (secondary N) is 1. The molecule has 0 radical (unpaired) electrons. The minimum Gasteiger partial charge on any atom is -0.497 e. The Bertz CT molecular complexity index is 1470. The molecule has 2 aromatic heterocycles. The van der Waals surface area contributed by atoms with Gasteiger partial charge in [-0.1, -0.05) is 24.3 Å². The first-order chi connectivity index (χ1) is 15.8. The summed E-state index contributed by atoms with van der Waals surface area (Å²) in [6, 6.07) is 10.4. The second-order valence-electron chi connectivity index (χ2n) is 7.97. The lowest BCUT2D eigenvalue weighted by molar-refractivity contribution is -0.138. The number of hydrogen-bond donors (Lipinski definition) is 1. The van der Waals surface area contributed by atoms with Crippen LogP contribution in [0, 0.1) is 0 Å². The van der Waals surface area contributed by atoms with E-state index in [-0.39, 0.29) is 29.4 Å². The highest BCUT2D eigenvalue weighted by Crippen LogP contribution is 2.41. The largest absolute Gasteiger partial charge is 0.497 e. The Balaban J connectivity index is 1.55. The number of halogens is 3. The maximum absolute atomic E-state index is 13.4. The zero-order valence-corrected chi connectivity index (χ0v) is 17.5. The minimum absolute atomic E-state index is 0.0588. The van der Waals surface area contributed by atoms with Crippen molar-refractivity contribution in [3.63, 3.8) is 0 Å². The molecule has 7 nitrogen and oxygen atoms in total.